The molecule has 2 amide bonds. The van der Waals surface area contributed by atoms with Crippen LogP contribution in [0.1, 0.15) is 72.6 Å². The Morgan fingerprint density at radius 1 is 0.561 bits per heavy atom. The number of rotatable bonds is 30. The monoisotopic (exact) mass is 936 g/mol. The molecule has 2 atom stereocenters. The van der Waals surface area contributed by atoms with E-state index in [-0.39, 0.29) is 26.1 Å². The van der Waals surface area contributed by atoms with Gasteiger partial charge in [0.2, 0.25) is 0 Å². The lowest BCUT2D eigenvalue weighted by Crippen LogP contribution is -2.58. The lowest BCUT2D eigenvalue weighted by atomic mass is 9.67. The highest BCUT2D eigenvalue weighted by atomic mass is 16.7. The maximum atomic E-state index is 13.7. The third-order valence-electron chi connectivity index (χ3n) is 9.57. The summed E-state index contributed by atoms with van der Waals surface area (Å²) in [5, 5.41) is 5.73. The van der Waals surface area contributed by atoms with E-state index in [0.717, 1.165) is 30.4 Å². The molecule has 368 valence electrons. The molecule has 0 spiro atoms. The number of hydrogen-bond acceptors (Lipinski definition) is 19. The van der Waals surface area contributed by atoms with Crippen molar-refractivity contribution in [2.45, 2.75) is 84.2 Å². The van der Waals surface area contributed by atoms with Crippen LogP contribution in [-0.4, -0.2) is 132 Å². The summed E-state index contributed by atoms with van der Waals surface area (Å²) in [4.78, 5) is 110. The fraction of sp³-hybridized carbons (Fsp3) is 0.578. The van der Waals surface area contributed by atoms with Crippen molar-refractivity contribution in [3.8, 4) is 0 Å². The van der Waals surface area contributed by atoms with E-state index in [1.807, 2.05) is 13.8 Å². The molecule has 0 aromatic heterocycles. The van der Waals surface area contributed by atoms with Crippen molar-refractivity contribution in [3.05, 3.63) is 63.3 Å². The molecule has 2 N–H and O–H groups in total. The van der Waals surface area contributed by atoms with Gasteiger partial charge in [-0.15, -0.1) is 0 Å². The highest BCUT2D eigenvalue weighted by Gasteiger charge is 2.44. The smallest absolute Gasteiger partial charge is 0.462 e. The number of esters is 6. The van der Waals surface area contributed by atoms with E-state index in [4.69, 9.17) is 37.9 Å². The molecule has 1 saturated carbocycles. The molecule has 1 fully saturated rings. The lowest BCUT2D eigenvalue weighted by molar-refractivity contribution is -0.167. The molecule has 1 rings (SSSR count). The van der Waals surface area contributed by atoms with Gasteiger partial charge in [-0.25, -0.2) is 38.4 Å². The summed E-state index contributed by atoms with van der Waals surface area (Å²) >= 11 is 0. The predicted octanol–water partition coefficient (Wildman–Crippen LogP) is 4.67. The first-order chi connectivity index (χ1) is 31.1. The van der Waals surface area contributed by atoms with Crippen molar-refractivity contribution < 1.29 is 90.5 Å². The summed E-state index contributed by atoms with van der Waals surface area (Å²) in [6.45, 7) is 19.8. The van der Waals surface area contributed by atoms with Gasteiger partial charge in [-0.1, -0.05) is 46.7 Å². The number of ether oxygens (including phenoxy) is 10. The number of nitrogens with one attached hydrogen (secondary N) is 2. The minimum Gasteiger partial charge on any atom is -0.462 e. The molecular formula is C45H64N2O19. The third-order valence-corrected chi connectivity index (χ3v) is 9.57. The Hall–Kier alpha value is -6.51. The second-order valence-corrected chi connectivity index (χ2v) is 16.5. The molecule has 1 aliphatic carbocycles. The summed E-state index contributed by atoms with van der Waals surface area (Å²) < 4.78 is 52.7. The summed E-state index contributed by atoms with van der Waals surface area (Å²) in [7, 11) is 0. The van der Waals surface area contributed by atoms with E-state index in [2.05, 4.69) is 53.0 Å². The third kappa shape index (κ3) is 23.4. The molecule has 0 aromatic carbocycles. The van der Waals surface area contributed by atoms with Crippen LogP contribution in [0.2, 0.25) is 0 Å². The number of carbonyl (C=O) groups excluding carboxylic acids is 9. The van der Waals surface area contributed by atoms with Crippen LogP contribution in [0.3, 0.4) is 0 Å². The second kappa shape index (κ2) is 29.1. The SMILES string of the molecule is C=CC(=O)OCC(COCC(COC(=O)C=C)(COC(=O)C=C)COC(=O)NC1(C)CC(NC(=O)OCCCCCC(=O)OC(=O)OCC)CC(C)(C)C1)(COC(=O)C=C)COC(=O)C=C. The Balaban J connectivity index is 3.23. The predicted molar refractivity (Wildman–Crippen MR) is 232 cm³/mol. The van der Waals surface area contributed by atoms with Crippen LogP contribution >= 0.6 is 0 Å². The highest BCUT2D eigenvalue weighted by Crippen LogP contribution is 2.41. The summed E-state index contributed by atoms with van der Waals surface area (Å²) in [5.41, 5.74) is -4.59. The van der Waals surface area contributed by atoms with Gasteiger partial charge in [0.05, 0.1) is 37.3 Å². The van der Waals surface area contributed by atoms with E-state index in [1.165, 1.54) is 0 Å². The number of amides is 2. The molecule has 0 bridgehead atoms. The maximum absolute atomic E-state index is 13.7. The molecule has 0 radical (unpaired) electrons. The Kier molecular flexibility index (Phi) is 25.4. The topological polar surface area (TPSA) is 270 Å². The first-order valence-corrected chi connectivity index (χ1v) is 20.9. The van der Waals surface area contributed by atoms with E-state index in [9.17, 15) is 43.2 Å². The van der Waals surface area contributed by atoms with E-state index in [1.54, 1.807) is 13.8 Å². The van der Waals surface area contributed by atoms with Gasteiger partial charge < -0.3 is 58.0 Å². The van der Waals surface area contributed by atoms with E-state index in [0.29, 0.717) is 32.1 Å². The van der Waals surface area contributed by atoms with Gasteiger partial charge in [-0.05, 0) is 57.8 Å². The van der Waals surface area contributed by atoms with Crippen molar-refractivity contribution in [1.82, 2.24) is 10.6 Å². The quantitative estimate of drug-likeness (QED) is 0.0326. The van der Waals surface area contributed by atoms with Crippen LogP contribution < -0.4 is 10.6 Å². The molecule has 1 aliphatic rings. The molecule has 0 aliphatic heterocycles. The molecule has 66 heavy (non-hydrogen) atoms. The normalized spacial score (nSPS) is 16.3. The Morgan fingerprint density at radius 2 is 1.00 bits per heavy atom. The van der Waals surface area contributed by atoms with Crippen LogP contribution in [0.15, 0.2) is 63.3 Å². The van der Waals surface area contributed by atoms with Gasteiger partial charge in [0.25, 0.3) is 0 Å². The number of carbonyl (C=O) groups is 9. The lowest BCUT2D eigenvalue weighted by Gasteiger charge is -2.46. The van der Waals surface area contributed by atoms with Gasteiger partial charge in [0, 0.05) is 48.4 Å². The summed E-state index contributed by atoms with van der Waals surface area (Å²) in [5.74, 6) is -5.11. The van der Waals surface area contributed by atoms with E-state index < -0.39 is 135 Å². The zero-order chi connectivity index (χ0) is 49.8. The Bertz CT molecular complexity index is 1670. The number of alkyl carbamates (subject to hydrolysis) is 2. The second-order valence-electron chi connectivity index (χ2n) is 16.5. The van der Waals surface area contributed by atoms with Crippen molar-refractivity contribution >= 4 is 54.2 Å². The standard InChI is InChI=1S/C45H64N2O19/c1-10-33(48)60-26-44(27-61-34(49)11-2,28-62-35(50)12-3)24-57-25-45(29-63-36(51)13-4,30-64-37(52)14-5)31-65-40(55)47-43(9)22-32(21-42(7,8)23-43)46-39(54)59-20-18-16-17-19-38(53)66-41(56)58-15-6/h10-14,32H,1-5,15-31H2,6-9H3,(H,46,54)(H,47,55). The number of hydrogen-bond donors (Lipinski definition) is 2. The van der Waals surface area contributed by atoms with E-state index >= 15 is 0 Å². The van der Waals surface area contributed by atoms with Crippen LogP contribution in [0.4, 0.5) is 14.4 Å². The summed E-state index contributed by atoms with van der Waals surface area (Å²) in [6.07, 6.45) is 4.29. The van der Waals surface area contributed by atoms with Crippen molar-refractivity contribution in [2.75, 3.05) is 66.1 Å². The van der Waals surface area contributed by atoms with Crippen LogP contribution in [0.25, 0.3) is 0 Å². The largest absolute Gasteiger partial charge is 0.516 e. The zero-order valence-corrected chi connectivity index (χ0v) is 38.3. The Morgan fingerprint density at radius 3 is 1.42 bits per heavy atom. The minimum absolute atomic E-state index is 0.0130. The molecule has 0 heterocycles. The summed E-state index contributed by atoms with van der Waals surface area (Å²) in [6, 6.07) is -0.448. The zero-order valence-electron chi connectivity index (χ0n) is 38.3. The van der Waals surface area contributed by atoms with Gasteiger partial charge >= 0.3 is 54.2 Å². The van der Waals surface area contributed by atoms with Gasteiger partial charge in [0.15, 0.2) is 0 Å². The van der Waals surface area contributed by atoms with Crippen molar-refractivity contribution in [3.63, 3.8) is 0 Å². The van der Waals surface area contributed by atoms with Gasteiger partial charge in [0.1, 0.15) is 39.6 Å². The first-order valence-electron chi connectivity index (χ1n) is 20.9. The first kappa shape index (κ1) is 57.5. The average molecular weight is 937 g/mol. The maximum Gasteiger partial charge on any atom is 0.516 e. The molecule has 2 unspecified atom stereocenters. The van der Waals surface area contributed by atoms with Crippen molar-refractivity contribution in [2.24, 2.45) is 16.2 Å². The fourth-order valence-corrected chi connectivity index (χ4v) is 6.79. The minimum atomic E-state index is -1.65. The van der Waals surface area contributed by atoms with Gasteiger partial charge in [-0.3, -0.25) is 4.79 Å². The van der Waals surface area contributed by atoms with Crippen molar-refractivity contribution in [1.29, 1.82) is 0 Å². The molecule has 0 saturated heterocycles. The molecule has 0 aromatic rings. The van der Waals surface area contributed by atoms with Crippen LogP contribution in [0.5, 0.6) is 0 Å². The Labute approximate surface area is 384 Å². The van der Waals surface area contributed by atoms with Crippen LogP contribution in [0, 0.1) is 16.2 Å². The van der Waals surface area contributed by atoms with Crippen LogP contribution in [-0.2, 0) is 76.1 Å². The fourth-order valence-electron chi connectivity index (χ4n) is 6.79. The molecular weight excluding hydrogens is 872 g/mol. The average Bonchev–Trinajstić information content (AvgIpc) is 3.26. The molecule has 21 heteroatoms. The highest BCUT2D eigenvalue weighted by molar-refractivity contribution is 5.83. The molecule has 21 nitrogen and oxygen atoms in total. The number of unbranched alkanes of at least 4 members (excludes halogenated alkanes) is 2. The van der Waals surface area contributed by atoms with Gasteiger partial charge in [-0.2, -0.15) is 0 Å².